The number of hydrogen-bond donors (Lipinski definition) is 3. The first-order chi connectivity index (χ1) is 18.0. The Morgan fingerprint density at radius 3 is 2.18 bits per heavy atom. The average Bonchev–Trinajstić information content (AvgIpc) is 3.58. The zero-order valence-corrected chi connectivity index (χ0v) is 24.8. The Kier molecular flexibility index (Phi) is 19.3. The highest BCUT2D eigenvalue weighted by Crippen LogP contribution is 2.38. The summed E-state index contributed by atoms with van der Waals surface area (Å²) in [6.45, 7) is 10.2. The first-order valence-corrected chi connectivity index (χ1v) is 13.7. The van der Waals surface area contributed by atoms with Crippen molar-refractivity contribution in [2.45, 2.75) is 57.0 Å². The molecule has 0 aliphatic carbocycles. The second-order valence-corrected chi connectivity index (χ2v) is 9.98. The van der Waals surface area contributed by atoms with Crippen molar-refractivity contribution in [2.75, 3.05) is 39.1 Å². The van der Waals surface area contributed by atoms with Gasteiger partial charge in [-0.05, 0) is 95.9 Å². The predicted octanol–water partition coefficient (Wildman–Crippen LogP) is 8.12. The maximum Gasteiger partial charge on any atom is 0.419 e. The van der Waals surface area contributed by atoms with Crippen molar-refractivity contribution in [3.63, 3.8) is 0 Å². The van der Waals surface area contributed by atoms with Gasteiger partial charge in [0, 0.05) is 26.0 Å². The number of ether oxygens (including phenoxy) is 3. The van der Waals surface area contributed by atoms with Crippen molar-refractivity contribution < 1.29 is 32.5 Å². The highest BCUT2D eigenvalue weighted by Gasteiger charge is 2.33. The van der Waals surface area contributed by atoms with Crippen LogP contribution in [0.3, 0.4) is 0 Å². The van der Waals surface area contributed by atoms with Crippen LogP contribution in [0.5, 0.6) is 10.8 Å². The summed E-state index contributed by atoms with van der Waals surface area (Å²) in [6, 6.07) is 6.85. The van der Waals surface area contributed by atoms with Crippen LogP contribution in [0.15, 0.2) is 58.5 Å². The third kappa shape index (κ3) is 16.5. The Balaban J connectivity index is 0.000000796. The number of aromatic hydroxyl groups is 1. The SMILES string of the molecule is C/C=C(\C)OC.C/C=C\C(C)Oc1ccc(SNc2ccc(C(F)(F)F)c(O)c2)s1.C1CCNC1.COC. The molecule has 1 aromatic heterocycles. The van der Waals surface area contributed by atoms with Gasteiger partial charge in [-0.15, -0.1) is 0 Å². The van der Waals surface area contributed by atoms with Crippen LogP contribution in [0.2, 0.25) is 0 Å². The lowest BCUT2D eigenvalue weighted by Crippen LogP contribution is -2.06. The zero-order chi connectivity index (χ0) is 29.0. The summed E-state index contributed by atoms with van der Waals surface area (Å²) in [5.41, 5.74) is -0.675. The summed E-state index contributed by atoms with van der Waals surface area (Å²) in [4.78, 5) is 0. The fourth-order valence-electron chi connectivity index (χ4n) is 2.60. The van der Waals surface area contributed by atoms with Crippen LogP contribution in [-0.4, -0.2) is 45.6 Å². The van der Waals surface area contributed by atoms with Crippen molar-refractivity contribution in [1.29, 1.82) is 0 Å². The molecule has 1 unspecified atom stereocenters. The molecule has 1 aliphatic rings. The maximum absolute atomic E-state index is 12.6. The molecule has 0 bridgehead atoms. The number of allylic oxidation sites excluding steroid dienone is 3. The van der Waals surface area contributed by atoms with Gasteiger partial charge < -0.3 is 29.4 Å². The van der Waals surface area contributed by atoms with E-state index >= 15 is 0 Å². The monoisotopic (exact) mass is 578 g/mol. The number of nitrogens with one attached hydrogen (secondary N) is 2. The Morgan fingerprint density at radius 2 is 1.76 bits per heavy atom. The molecular weight excluding hydrogens is 537 g/mol. The van der Waals surface area contributed by atoms with E-state index in [-0.39, 0.29) is 6.10 Å². The molecule has 6 nitrogen and oxygen atoms in total. The zero-order valence-electron chi connectivity index (χ0n) is 23.1. The Hall–Kier alpha value is -2.34. The van der Waals surface area contributed by atoms with Gasteiger partial charge >= 0.3 is 6.18 Å². The van der Waals surface area contributed by atoms with Gasteiger partial charge in [0.1, 0.15) is 11.9 Å². The second kappa shape index (κ2) is 20.6. The van der Waals surface area contributed by atoms with E-state index in [1.54, 1.807) is 21.3 Å². The van der Waals surface area contributed by atoms with Gasteiger partial charge in [-0.3, -0.25) is 0 Å². The quantitative estimate of drug-likeness (QED) is 0.174. The maximum atomic E-state index is 12.6. The minimum absolute atomic E-state index is 0.0358. The van der Waals surface area contributed by atoms with E-state index in [4.69, 9.17) is 9.47 Å². The summed E-state index contributed by atoms with van der Waals surface area (Å²) in [7, 11) is 4.91. The van der Waals surface area contributed by atoms with E-state index in [0.717, 1.165) is 27.2 Å². The number of anilines is 1. The molecule has 2 aromatic rings. The Morgan fingerprint density at radius 1 is 1.13 bits per heavy atom. The van der Waals surface area contributed by atoms with Crippen molar-refractivity contribution in [3.8, 4) is 10.8 Å². The molecule has 11 heteroatoms. The van der Waals surface area contributed by atoms with Gasteiger partial charge in [0.2, 0.25) is 0 Å². The number of rotatable bonds is 7. The summed E-state index contributed by atoms with van der Waals surface area (Å²) in [5.74, 6) is 0.165. The molecule has 1 aromatic carbocycles. The fraction of sp³-hybridized carbons (Fsp3) is 0.481. The molecule has 1 saturated heterocycles. The summed E-state index contributed by atoms with van der Waals surface area (Å²) >= 11 is 2.65. The second-order valence-electron chi connectivity index (χ2n) is 7.82. The average molecular weight is 579 g/mol. The first kappa shape index (κ1) is 35.7. The van der Waals surface area contributed by atoms with Crippen LogP contribution in [0, 0.1) is 0 Å². The number of phenols is 1. The van der Waals surface area contributed by atoms with Gasteiger partial charge in [0.15, 0.2) is 5.06 Å². The topological polar surface area (TPSA) is 72.0 Å². The number of halogens is 3. The standard InChI is InChI=1S/C16H16F3NO2S2.C5H10O.C4H9N.C2H6O/c1-3-4-10(2)22-14-7-8-15(23-14)24-20-11-5-6-12(13(21)9-11)16(17,18)19;1-4-5(2)6-3;1-2-4-5-3-1;1-3-2/h3-10,20-21H,1-2H3;4H,1-3H3;5H,1-4H2;1-2H3/b4-3-;5-4+;;. The lowest BCUT2D eigenvalue weighted by Gasteiger charge is -2.11. The number of thiophene rings is 1. The lowest BCUT2D eigenvalue weighted by molar-refractivity contribution is -0.138. The number of alkyl halides is 3. The molecular formula is C27H41F3N2O4S2. The van der Waals surface area contributed by atoms with Gasteiger partial charge in [0.05, 0.1) is 22.6 Å². The Labute approximate surface area is 233 Å². The summed E-state index contributed by atoms with van der Waals surface area (Å²) in [5, 5.41) is 13.5. The van der Waals surface area contributed by atoms with Crippen LogP contribution in [0.25, 0.3) is 0 Å². The number of methoxy groups -OCH3 is 2. The van der Waals surface area contributed by atoms with Crippen LogP contribution in [-0.2, 0) is 15.7 Å². The molecule has 3 rings (SSSR count). The molecule has 0 spiro atoms. The van der Waals surface area contributed by atoms with Gasteiger partial charge in [-0.25, -0.2) is 0 Å². The number of phenolic OH excluding ortho intramolecular Hbond substituents is 1. The first-order valence-electron chi connectivity index (χ1n) is 12.0. The fourth-order valence-corrected chi connectivity index (χ4v) is 4.29. The van der Waals surface area contributed by atoms with E-state index in [1.165, 1.54) is 55.3 Å². The van der Waals surface area contributed by atoms with Crippen molar-refractivity contribution in [1.82, 2.24) is 5.32 Å². The molecule has 1 aliphatic heterocycles. The predicted molar refractivity (Wildman–Crippen MR) is 153 cm³/mol. The highest BCUT2D eigenvalue weighted by atomic mass is 32.2. The highest BCUT2D eigenvalue weighted by molar-refractivity contribution is 8.02. The number of benzene rings is 1. The van der Waals surface area contributed by atoms with Crippen LogP contribution < -0.4 is 14.8 Å². The van der Waals surface area contributed by atoms with E-state index in [1.807, 2.05) is 58.1 Å². The summed E-state index contributed by atoms with van der Waals surface area (Å²) < 4.78 is 56.3. The van der Waals surface area contributed by atoms with Crippen LogP contribution in [0.4, 0.5) is 18.9 Å². The van der Waals surface area contributed by atoms with E-state index < -0.39 is 17.5 Å². The third-order valence-corrected chi connectivity index (χ3v) is 6.53. The minimum atomic E-state index is -4.57. The van der Waals surface area contributed by atoms with Crippen molar-refractivity contribution >= 4 is 29.0 Å². The normalized spacial score (nSPS) is 13.8. The molecule has 0 saturated carbocycles. The molecule has 3 N–H and O–H groups in total. The van der Waals surface area contributed by atoms with Gasteiger partial charge in [-0.2, -0.15) is 13.2 Å². The molecule has 2 heterocycles. The minimum Gasteiger partial charge on any atom is -0.507 e. The molecule has 0 radical (unpaired) electrons. The molecule has 38 heavy (non-hydrogen) atoms. The number of hydrogen-bond acceptors (Lipinski definition) is 8. The van der Waals surface area contributed by atoms with E-state index in [2.05, 4.69) is 14.8 Å². The molecule has 1 atom stereocenters. The smallest absolute Gasteiger partial charge is 0.419 e. The largest absolute Gasteiger partial charge is 0.507 e. The lowest BCUT2D eigenvalue weighted by atomic mass is 10.2. The van der Waals surface area contributed by atoms with Crippen molar-refractivity contribution in [2.24, 2.45) is 0 Å². The molecule has 0 amide bonds. The van der Waals surface area contributed by atoms with Gasteiger partial charge in [0.25, 0.3) is 0 Å². The molecule has 1 fully saturated rings. The van der Waals surface area contributed by atoms with Gasteiger partial charge in [-0.1, -0.05) is 23.5 Å². The Bertz CT molecular complexity index is 939. The van der Waals surface area contributed by atoms with Crippen LogP contribution >= 0.6 is 23.3 Å². The third-order valence-electron chi connectivity index (χ3n) is 4.58. The van der Waals surface area contributed by atoms with Crippen LogP contribution in [0.1, 0.15) is 46.1 Å². The van der Waals surface area contributed by atoms with Crippen molar-refractivity contribution in [3.05, 3.63) is 59.9 Å². The van der Waals surface area contributed by atoms with E-state index in [0.29, 0.717) is 5.69 Å². The molecule has 216 valence electrons. The summed E-state index contributed by atoms with van der Waals surface area (Å²) in [6.07, 6.45) is 3.92. The van der Waals surface area contributed by atoms with E-state index in [9.17, 15) is 18.3 Å².